The van der Waals surface area contributed by atoms with Crippen molar-refractivity contribution in [2.75, 3.05) is 0 Å². The highest BCUT2D eigenvalue weighted by Crippen LogP contribution is 2.42. The number of carbonyl (C=O) groups excluding carboxylic acids is 3. The minimum Gasteiger partial charge on any atom is -0.488 e. The monoisotopic (exact) mass is 583 g/mol. The second-order valence-corrected chi connectivity index (χ2v) is 10.3. The summed E-state index contributed by atoms with van der Waals surface area (Å²) in [6.45, 7) is -1.22. The summed E-state index contributed by atoms with van der Waals surface area (Å²) in [6.07, 6.45) is 0.273. The molecule has 5 rings (SSSR count). The van der Waals surface area contributed by atoms with Crippen molar-refractivity contribution < 1.29 is 58.9 Å². The van der Waals surface area contributed by atoms with Gasteiger partial charge in [0.1, 0.15) is 39.9 Å². The summed E-state index contributed by atoms with van der Waals surface area (Å²) < 4.78 is 25.1. The Kier molecular flexibility index (Phi) is 7.23. The van der Waals surface area contributed by atoms with E-state index in [1.165, 1.54) is 17.0 Å². The van der Waals surface area contributed by atoms with Gasteiger partial charge < -0.3 is 45.0 Å². The number of hydrogen-bond donors (Lipinski definition) is 7. The van der Waals surface area contributed by atoms with Gasteiger partial charge in [-0.05, 0) is 30.2 Å². The van der Waals surface area contributed by atoms with E-state index in [-0.39, 0.29) is 47.8 Å². The molecule has 3 heterocycles. The van der Waals surface area contributed by atoms with Crippen LogP contribution in [-0.2, 0) is 34.0 Å². The highest BCUT2D eigenvalue weighted by molar-refractivity contribution is 6.40. The number of amides is 3. The fourth-order valence-electron chi connectivity index (χ4n) is 5.03. The molecule has 218 valence electrons. The molecule has 2 saturated heterocycles. The van der Waals surface area contributed by atoms with Crippen molar-refractivity contribution >= 4 is 33.4 Å². The lowest BCUT2D eigenvalue weighted by Crippen LogP contribution is -2.84. The van der Waals surface area contributed by atoms with Gasteiger partial charge in [-0.2, -0.15) is 4.90 Å². The van der Waals surface area contributed by atoms with Gasteiger partial charge in [-0.1, -0.05) is 18.2 Å². The molecule has 1 unspecified atom stereocenters. The molecule has 0 saturated carbocycles. The second-order valence-electron chi connectivity index (χ2n) is 10.3. The Morgan fingerprint density at radius 2 is 1.76 bits per heavy atom. The van der Waals surface area contributed by atoms with Crippen molar-refractivity contribution in [3.8, 4) is 5.75 Å². The zero-order chi connectivity index (χ0) is 30.8. The molecular formula is C25H24B2FN3O11. The average Bonchev–Trinajstić information content (AvgIpc) is 3.22. The lowest BCUT2D eigenvalue weighted by molar-refractivity contribution is -0.581. The van der Waals surface area contributed by atoms with Gasteiger partial charge in [-0.25, -0.2) is 4.39 Å². The van der Waals surface area contributed by atoms with Gasteiger partial charge in [0.25, 0.3) is 5.91 Å². The van der Waals surface area contributed by atoms with Gasteiger partial charge in [0.05, 0.1) is 11.9 Å². The molecule has 0 aliphatic carbocycles. The smallest absolute Gasteiger partial charge is 0.351 e. The van der Waals surface area contributed by atoms with Crippen molar-refractivity contribution in [2.24, 2.45) is 0 Å². The van der Waals surface area contributed by atoms with Crippen molar-refractivity contribution in [1.29, 1.82) is 0 Å². The Bertz CT molecular complexity index is 1440. The van der Waals surface area contributed by atoms with E-state index in [2.05, 4.69) is 10.1 Å². The topological polar surface area (TPSA) is 210 Å². The number of halogens is 1. The van der Waals surface area contributed by atoms with Crippen molar-refractivity contribution in [1.82, 2.24) is 15.1 Å². The van der Waals surface area contributed by atoms with E-state index in [1.807, 2.05) is 0 Å². The highest BCUT2D eigenvalue weighted by Gasteiger charge is 2.70. The molecule has 2 aromatic carbocycles. The Morgan fingerprint density at radius 1 is 1.05 bits per heavy atom. The first kappa shape index (κ1) is 30.1. The first-order valence-corrected chi connectivity index (χ1v) is 12.5. The van der Waals surface area contributed by atoms with E-state index in [4.69, 9.17) is 20.4 Å². The Balaban J connectivity index is 1.31. The lowest BCUT2D eigenvalue weighted by Gasteiger charge is -2.58. The summed E-state index contributed by atoms with van der Waals surface area (Å²) >= 11 is 0. The third-order valence-electron chi connectivity index (χ3n) is 7.41. The number of imide groups is 1. The summed E-state index contributed by atoms with van der Waals surface area (Å²) in [7, 11) is 10.8. The molecule has 0 bridgehead atoms. The number of fused-ring (bicyclic) bond motifs is 1. The molecule has 0 spiro atoms. The molecule has 7 N–H and O–H groups in total. The molecule has 3 amide bonds. The van der Waals surface area contributed by atoms with Crippen LogP contribution in [0.2, 0.25) is 0 Å². The number of nitrogens with zero attached hydrogens (tertiary/aromatic N) is 2. The number of nitrogens with one attached hydrogen (secondary N) is 1. The number of aliphatic hydroxyl groups is 6. The molecule has 0 aromatic heterocycles. The average molecular weight is 583 g/mol. The molecule has 17 heteroatoms. The lowest BCUT2D eigenvalue weighted by atomic mass is 9.61. The van der Waals surface area contributed by atoms with E-state index in [9.17, 15) is 45.0 Å². The Labute approximate surface area is 239 Å². The number of hydrogen-bond acceptors (Lipinski definition) is 12. The van der Waals surface area contributed by atoms with Crippen LogP contribution in [0.4, 0.5) is 4.39 Å². The summed E-state index contributed by atoms with van der Waals surface area (Å²) in [4.78, 5) is 38.0. The predicted octanol–water partition coefficient (Wildman–Crippen LogP) is -3.10. The van der Waals surface area contributed by atoms with E-state index in [0.29, 0.717) is 11.1 Å². The first-order chi connectivity index (χ1) is 19.5. The van der Waals surface area contributed by atoms with E-state index in [0.717, 1.165) is 6.07 Å². The van der Waals surface area contributed by atoms with Crippen molar-refractivity contribution in [3.05, 3.63) is 64.5 Å². The minimum atomic E-state index is -3.89. The number of rotatable bonds is 6. The SMILES string of the molecule is [B]C1([B])OC(O)(O)C(O)(O)N(Cc2ccc(COc3cccc4c3CN(C3CCC(=O)NC3=O)C4=O)c(F)c2)C1(O)O. The zero-order valence-corrected chi connectivity index (χ0v) is 21.7. The fraction of sp³-hybridized carbons (Fsp3) is 0.400. The van der Waals surface area contributed by atoms with Gasteiger partial charge in [0.15, 0.2) is 0 Å². The van der Waals surface area contributed by atoms with Crippen LogP contribution in [0.5, 0.6) is 5.75 Å². The van der Waals surface area contributed by atoms with Crippen LogP contribution in [-0.4, -0.2) is 103 Å². The fourth-order valence-corrected chi connectivity index (χ4v) is 5.03. The molecule has 1 atom stereocenters. The van der Waals surface area contributed by atoms with E-state index in [1.54, 1.807) is 18.2 Å². The van der Waals surface area contributed by atoms with Gasteiger partial charge in [0.2, 0.25) is 17.7 Å². The molecule has 3 aliphatic rings. The highest BCUT2D eigenvalue weighted by atomic mass is 19.1. The number of benzene rings is 2. The van der Waals surface area contributed by atoms with Gasteiger partial charge >= 0.3 is 11.9 Å². The van der Waals surface area contributed by atoms with Gasteiger partial charge in [0, 0.05) is 29.7 Å². The third-order valence-corrected chi connectivity index (χ3v) is 7.41. The van der Waals surface area contributed by atoms with Gasteiger partial charge in [-0.3, -0.25) is 19.7 Å². The van der Waals surface area contributed by atoms with E-state index < -0.39 is 59.3 Å². The number of carbonyl (C=O) groups is 3. The number of ether oxygens (including phenoxy) is 2. The van der Waals surface area contributed by atoms with Gasteiger partial charge in [-0.15, -0.1) is 0 Å². The Morgan fingerprint density at radius 3 is 2.43 bits per heavy atom. The summed E-state index contributed by atoms with van der Waals surface area (Å²) in [5.41, 5.74) is 0.667. The first-order valence-electron chi connectivity index (χ1n) is 12.5. The number of morpholine rings is 1. The van der Waals surface area contributed by atoms with Crippen LogP contribution in [0, 0.1) is 5.82 Å². The van der Waals surface area contributed by atoms with Crippen LogP contribution in [0.1, 0.15) is 39.9 Å². The maximum absolute atomic E-state index is 15.1. The molecule has 14 nitrogen and oxygen atoms in total. The normalized spacial score (nSPS) is 24.3. The van der Waals surface area contributed by atoms with Crippen LogP contribution in [0.25, 0.3) is 0 Å². The quantitative estimate of drug-likeness (QED) is 0.103. The largest absolute Gasteiger partial charge is 0.488 e. The van der Waals surface area contributed by atoms with Crippen molar-refractivity contribution in [2.45, 2.75) is 61.8 Å². The van der Waals surface area contributed by atoms with E-state index >= 15 is 4.39 Å². The molecular weight excluding hydrogens is 559 g/mol. The minimum absolute atomic E-state index is 0.00820. The maximum Gasteiger partial charge on any atom is 0.351 e. The number of piperidine rings is 1. The third kappa shape index (κ3) is 4.87. The predicted molar refractivity (Wildman–Crippen MR) is 136 cm³/mol. The summed E-state index contributed by atoms with van der Waals surface area (Å²) in [6, 6.07) is 7.23. The molecule has 3 aliphatic heterocycles. The summed E-state index contributed by atoms with van der Waals surface area (Å²) in [5, 5.41) is 59.9. The summed E-state index contributed by atoms with van der Waals surface area (Å²) in [5.74, 6) is -13.4. The standard InChI is InChI=1S/C25H24B2FN3O11/c26-22(27)23(35,36)31(24(37,38)25(39,40)42-22)9-12-4-5-13(16(28)8-12)11-41-18-3-1-2-14-15(18)10-30(21(14)34)17-6-7-19(32)29-20(17)33/h1-5,8,17,35-40H,6-7,9-11H2,(H,29,32,33). The second kappa shape index (κ2) is 10.1. The zero-order valence-electron chi connectivity index (χ0n) is 21.7. The van der Waals surface area contributed by atoms with Crippen LogP contribution in [0.3, 0.4) is 0 Å². The molecule has 2 fully saturated rings. The maximum atomic E-state index is 15.1. The van der Waals surface area contributed by atoms with Crippen LogP contribution >= 0.6 is 0 Å². The van der Waals surface area contributed by atoms with Crippen LogP contribution in [0.15, 0.2) is 36.4 Å². The molecule has 42 heavy (non-hydrogen) atoms. The Hall–Kier alpha value is -3.41. The van der Waals surface area contributed by atoms with Crippen LogP contribution < -0.4 is 10.1 Å². The molecule has 2 aromatic rings. The van der Waals surface area contributed by atoms with Crippen molar-refractivity contribution in [3.63, 3.8) is 0 Å². The molecule has 4 radical (unpaired) electrons.